The van der Waals surface area contributed by atoms with Crippen LogP contribution < -0.4 is 10.6 Å². The second kappa shape index (κ2) is 6.95. The first kappa shape index (κ1) is 17.6. The van der Waals surface area contributed by atoms with Crippen LogP contribution in [0, 0.1) is 0 Å². The van der Waals surface area contributed by atoms with Gasteiger partial charge in [0.05, 0.1) is 6.54 Å². The SMILES string of the molecule is CN(CC(=O)Nc1ccc2c(c1)CCC(=O)N2)S(=O)(=O)c1cccs1. The summed E-state index contributed by atoms with van der Waals surface area (Å²) < 4.78 is 25.9. The molecule has 1 aromatic heterocycles. The Balaban J connectivity index is 1.66. The maximum atomic E-state index is 12.3. The molecular weight excluding hydrogens is 362 g/mol. The van der Waals surface area contributed by atoms with Gasteiger partial charge in [-0.25, -0.2) is 8.42 Å². The molecule has 1 aromatic carbocycles. The Bertz CT molecular complexity index is 907. The number of sulfonamides is 1. The van der Waals surface area contributed by atoms with Gasteiger partial charge in [0.25, 0.3) is 10.0 Å². The van der Waals surface area contributed by atoms with Crippen LogP contribution in [-0.4, -0.2) is 38.1 Å². The fourth-order valence-corrected chi connectivity index (χ4v) is 4.84. The van der Waals surface area contributed by atoms with Crippen molar-refractivity contribution in [1.29, 1.82) is 0 Å². The molecule has 25 heavy (non-hydrogen) atoms. The summed E-state index contributed by atoms with van der Waals surface area (Å²) in [6.07, 6.45) is 1.02. The lowest BCUT2D eigenvalue weighted by Crippen LogP contribution is -2.34. The lowest BCUT2D eigenvalue weighted by molar-refractivity contribution is -0.117. The van der Waals surface area contributed by atoms with E-state index in [-0.39, 0.29) is 16.7 Å². The molecule has 132 valence electrons. The molecular formula is C16H17N3O4S2. The monoisotopic (exact) mass is 379 g/mol. The first-order chi connectivity index (χ1) is 11.9. The summed E-state index contributed by atoms with van der Waals surface area (Å²) in [5, 5.41) is 7.14. The molecule has 2 amide bonds. The number of amides is 2. The van der Waals surface area contributed by atoms with E-state index in [4.69, 9.17) is 0 Å². The van der Waals surface area contributed by atoms with Crippen LogP contribution in [-0.2, 0) is 26.0 Å². The zero-order chi connectivity index (χ0) is 18.0. The van der Waals surface area contributed by atoms with E-state index in [1.165, 1.54) is 13.1 Å². The smallest absolute Gasteiger partial charge is 0.252 e. The fraction of sp³-hybridized carbons (Fsp3) is 0.250. The Labute approximate surface area is 149 Å². The Hall–Kier alpha value is -2.23. The molecule has 9 heteroatoms. The normalized spacial score (nSPS) is 14.1. The van der Waals surface area contributed by atoms with Crippen molar-refractivity contribution in [2.45, 2.75) is 17.1 Å². The molecule has 0 saturated carbocycles. The number of thiophene rings is 1. The van der Waals surface area contributed by atoms with Crippen LogP contribution in [0.1, 0.15) is 12.0 Å². The number of nitrogens with one attached hydrogen (secondary N) is 2. The van der Waals surface area contributed by atoms with Crippen molar-refractivity contribution in [3.05, 3.63) is 41.3 Å². The molecule has 0 aliphatic carbocycles. The van der Waals surface area contributed by atoms with E-state index in [0.717, 1.165) is 26.9 Å². The minimum absolute atomic E-state index is 0.0234. The van der Waals surface area contributed by atoms with E-state index in [0.29, 0.717) is 18.5 Å². The number of carbonyl (C=O) groups is 2. The highest BCUT2D eigenvalue weighted by Crippen LogP contribution is 2.26. The third kappa shape index (κ3) is 3.89. The maximum absolute atomic E-state index is 12.3. The molecule has 1 aliphatic rings. The minimum Gasteiger partial charge on any atom is -0.326 e. The fourth-order valence-electron chi connectivity index (χ4n) is 2.51. The van der Waals surface area contributed by atoms with Gasteiger partial charge in [-0.15, -0.1) is 11.3 Å². The van der Waals surface area contributed by atoms with Crippen LogP contribution in [0.4, 0.5) is 11.4 Å². The molecule has 2 N–H and O–H groups in total. The first-order valence-corrected chi connectivity index (χ1v) is 9.91. The highest BCUT2D eigenvalue weighted by Gasteiger charge is 2.24. The van der Waals surface area contributed by atoms with Crippen molar-refractivity contribution in [2.75, 3.05) is 24.2 Å². The van der Waals surface area contributed by atoms with E-state index < -0.39 is 15.9 Å². The van der Waals surface area contributed by atoms with Crippen molar-refractivity contribution < 1.29 is 18.0 Å². The van der Waals surface area contributed by atoms with Gasteiger partial charge in [-0.05, 0) is 41.6 Å². The van der Waals surface area contributed by atoms with Crippen molar-refractivity contribution in [1.82, 2.24) is 4.31 Å². The topological polar surface area (TPSA) is 95.6 Å². The Morgan fingerprint density at radius 1 is 1.32 bits per heavy atom. The number of hydrogen-bond acceptors (Lipinski definition) is 5. The summed E-state index contributed by atoms with van der Waals surface area (Å²) in [6.45, 7) is -0.284. The highest BCUT2D eigenvalue weighted by molar-refractivity contribution is 7.91. The third-order valence-corrected chi connectivity index (χ3v) is 6.99. The van der Waals surface area contributed by atoms with Gasteiger partial charge in [0, 0.05) is 24.8 Å². The highest BCUT2D eigenvalue weighted by atomic mass is 32.2. The number of anilines is 2. The van der Waals surface area contributed by atoms with Crippen LogP contribution in [0.3, 0.4) is 0 Å². The molecule has 0 saturated heterocycles. The Morgan fingerprint density at radius 3 is 2.84 bits per heavy atom. The molecule has 0 spiro atoms. The summed E-state index contributed by atoms with van der Waals surface area (Å²) >= 11 is 1.11. The van der Waals surface area contributed by atoms with E-state index in [1.54, 1.807) is 29.6 Å². The van der Waals surface area contributed by atoms with Gasteiger partial charge in [-0.1, -0.05) is 6.07 Å². The van der Waals surface area contributed by atoms with Gasteiger partial charge < -0.3 is 10.6 Å². The van der Waals surface area contributed by atoms with Crippen molar-refractivity contribution >= 4 is 44.5 Å². The van der Waals surface area contributed by atoms with Crippen LogP contribution in [0.2, 0.25) is 0 Å². The molecule has 2 aromatic rings. The van der Waals surface area contributed by atoms with Gasteiger partial charge in [-0.3, -0.25) is 9.59 Å². The first-order valence-electron chi connectivity index (χ1n) is 7.59. The Morgan fingerprint density at radius 2 is 2.12 bits per heavy atom. The average Bonchev–Trinajstić information content (AvgIpc) is 3.10. The molecule has 3 rings (SSSR count). The van der Waals surface area contributed by atoms with E-state index >= 15 is 0 Å². The summed E-state index contributed by atoms with van der Waals surface area (Å²) in [5.74, 6) is -0.452. The second-order valence-corrected chi connectivity index (χ2v) is 8.88. The van der Waals surface area contributed by atoms with E-state index in [2.05, 4.69) is 10.6 Å². The van der Waals surface area contributed by atoms with Crippen molar-refractivity contribution in [3.63, 3.8) is 0 Å². The molecule has 0 atom stereocenters. The predicted molar refractivity (Wildman–Crippen MR) is 96.2 cm³/mol. The summed E-state index contributed by atoms with van der Waals surface area (Å²) in [6, 6.07) is 8.36. The van der Waals surface area contributed by atoms with Gasteiger partial charge >= 0.3 is 0 Å². The quantitative estimate of drug-likeness (QED) is 0.829. The molecule has 0 radical (unpaired) electrons. The molecule has 0 unspecified atom stereocenters. The molecule has 7 nitrogen and oxygen atoms in total. The molecule has 2 heterocycles. The summed E-state index contributed by atoms with van der Waals surface area (Å²) in [4.78, 5) is 23.5. The number of hydrogen-bond donors (Lipinski definition) is 2. The summed E-state index contributed by atoms with van der Waals surface area (Å²) in [5.41, 5.74) is 2.26. The van der Waals surface area contributed by atoms with Crippen LogP contribution in [0.5, 0.6) is 0 Å². The lowest BCUT2D eigenvalue weighted by Gasteiger charge is -2.19. The molecule has 1 aliphatic heterocycles. The number of rotatable bonds is 5. The maximum Gasteiger partial charge on any atom is 0.252 e. The second-order valence-electron chi connectivity index (χ2n) is 5.66. The zero-order valence-corrected chi connectivity index (χ0v) is 15.1. The van der Waals surface area contributed by atoms with E-state index in [1.807, 2.05) is 0 Å². The number of carbonyl (C=O) groups excluding carboxylic acids is 2. The number of aryl methyl sites for hydroxylation is 1. The van der Waals surface area contributed by atoms with E-state index in [9.17, 15) is 18.0 Å². The van der Waals surface area contributed by atoms with Crippen molar-refractivity contribution in [3.8, 4) is 0 Å². The van der Waals surface area contributed by atoms with Crippen LogP contribution in [0.25, 0.3) is 0 Å². The molecule has 0 fully saturated rings. The Kier molecular flexibility index (Phi) is 4.89. The largest absolute Gasteiger partial charge is 0.326 e. The molecule has 0 bridgehead atoms. The summed E-state index contributed by atoms with van der Waals surface area (Å²) in [7, 11) is -2.29. The van der Waals surface area contributed by atoms with Gasteiger partial charge in [0.1, 0.15) is 4.21 Å². The van der Waals surface area contributed by atoms with Gasteiger partial charge in [-0.2, -0.15) is 4.31 Å². The minimum atomic E-state index is -3.66. The number of benzene rings is 1. The average molecular weight is 379 g/mol. The standard InChI is InChI=1S/C16H17N3O4S2/c1-19(25(22,23)16-3-2-8-24-16)10-15(21)17-12-5-6-13-11(9-12)4-7-14(20)18-13/h2-3,5-6,8-9H,4,7,10H2,1H3,(H,17,21)(H,18,20). The van der Waals surface area contributed by atoms with Crippen LogP contribution >= 0.6 is 11.3 Å². The van der Waals surface area contributed by atoms with Crippen molar-refractivity contribution in [2.24, 2.45) is 0 Å². The van der Waals surface area contributed by atoms with Gasteiger partial charge in [0.15, 0.2) is 0 Å². The third-order valence-electron chi connectivity index (χ3n) is 3.81. The predicted octanol–water partition coefficient (Wildman–Crippen LogP) is 1.89. The number of fused-ring (bicyclic) bond motifs is 1. The van der Waals surface area contributed by atoms with Crippen LogP contribution in [0.15, 0.2) is 39.9 Å². The lowest BCUT2D eigenvalue weighted by atomic mass is 10.0. The van der Waals surface area contributed by atoms with Gasteiger partial charge in [0.2, 0.25) is 11.8 Å². The zero-order valence-electron chi connectivity index (χ0n) is 13.5. The number of nitrogens with zero attached hydrogens (tertiary/aromatic N) is 1. The number of likely N-dealkylation sites (N-methyl/N-ethyl adjacent to an activating group) is 1.